The minimum Gasteiger partial charge on any atom is -0.478 e. The third kappa shape index (κ3) is 3.31. The number of aromatic carboxylic acids is 1. The summed E-state index contributed by atoms with van der Waals surface area (Å²) in [5.74, 6) is -0.534. The van der Waals surface area contributed by atoms with E-state index in [2.05, 4.69) is 4.98 Å². The average molecular weight is 285 g/mol. The molecular formula is C16H19N3O2. The highest BCUT2D eigenvalue weighted by Gasteiger charge is 2.19. The molecule has 3 N–H and O–H groups in total. The molecule has 0 aliphatic carbocycles. The maximum atomic E-state index is 11.2. The molecule has 0 amide bonds. The van der Waals surface area contributed by atoms with Gasteiger partial charge in [-0.3, -0.25) is 0 Å². The first-order valence-electron chi connectivity index (χ1n) is 6.79. The van der Waals surface area contributed by atoms with Crippen molar-refractivity contribution in [3.05, 3.63) is 53.7 Å². The lowest BCUT2D eigenvalue weighted by Gasteiger charge is -2.29. The lowest BCUT2D eigenvalue weighted by Crippen LogP contribution is -2.32. The van der Waals surface area contributed by atoms with E-state index in [4.69, 9.17) is 5.73 Å². The van der Waals surface area contributed by atoms with Crippen LogP contribution in [0.5, 0.6) is 0 Å². The Balaban J connectivity index is 2.39. The molecule has 0 spiro atoms. The Morgan fingerprint density at radius 3 is 2.52 bits per heavy atom. The zero-order valence-corrected chi connectivity index (χ0v) is 12.2. The highest BCUT2D eigenvalue weighted by atomic mass is 16.4. The molecule has 0 fully saturated rings. The fourth-order valence-corrected chi connectivity index (χ4v) is 2.16. The fraction of sp³-hybridized carbons (Fsp3) is 0.250. The van der Waals surface area contributed by atoms with Crippen molar-refractivity contribution < 1.29 is 9.90 Å². The summed E-state index contributed by atoms with van der Waals surface area (Å²) in [6, 6.07) is 11.5. The van der Waals surface area contributed by atoms with E-state index in [1.165, 1.54) is 12.3 Å². The molecule has 2 rings (SSSR count). The summed E-state index contributed by atoms with van der Waals surface area (Å²) < 4.78 is 0. The van der Waals surface area contributed by atoms with Crippen LogP contribution >= 0.6 is 0 Å². The maximum Gasteiger partial charge on any atom is 0.337 e. The van der Waals surface area contributed by atoms with E-state index >= 15 is 0 Å². The van der Waals surface area contributed by atoms with Crippen molar-refractivity contribution in [2.75, 3.05) is 10.6 Å². The lowest BCUT2D eigenvalue weighted by atomic mass is 10.1. The van der Waals surface area contributed by atoms with Crippen LogP contribution in [0.1, 0.15) is 29.8 Å². The molecule has 0 atom stereocenters. The average Bonchev–Trinajstić information content (AvgIpc) is 2.46. The minimum atomic E-state index is -1.04. The summed E-state index contributed by atoms with van der Waals surface area (Å²) in [4.78, 5) is 17.5. The van der Waals surface area contributed by atoms with Crippen molar-refractivity contribution in [1.82, 2.24) is 4.98 Å². The van der Waals surface area contributed by atoms with E-state index < -0.39 is 5.97 Å². The van der Waals surface area contributed by atoms with Crippen molar-refractivity contribution in [2.45, 2.75) is 26.4 Å². The number of carboxylic acid groups (broad SMARTS) is 1. The van der Waals surface area contributed by atoms with Crippen molar-refractivity contribution in [2.24, 2.45) is 0 Å². The Morgan fingerprint density at radius 2 is 1.95 bits per heavy atom. The number of carboxylic acids is 1. The lowest BCUT2D eigenvalue weighted by molar-refractivity contribution is 0.0698. The Bertz CT molecular complexity index is 627. The van der Waals surface area contributed by atoms with Crippen molar-refractivity contribution >= 4 is 17.5 Å². The van der Waals surface area contributed by atoms with Crippen molar-refractivity contribution in [3.8, 4) is 0 Å². The van der Waals surface area contributed by atoms with Gasteiger partial charge in [-0.2, -0.15) is 0 Å². The monoisotopic (exact) mass is 285 g/mol. The van der Waals surface area contributed by atoms with Gasteiger partial charge in [0, 0.05) is 18.8 Å². The molecule has 0 saturated heterocycles. The van der Waals surface area contributed by atoms with Crippen LogP contribution in [-0.4, -0.2) is 22.1 Å². The Labute approximate surface area is 124 Å². The first kappa shape index (κ1) is 14.8. The highest BCUT2D eigenvalue weighted by Crippen LogP contribution is 2.27. The Hall–Kier alpha value is -2.56. The largest absolute Gasteiger partial charge is 0.478 e. The van der Waals surface area contributed by atoms with Gasteiger partial charge < -0.3 is 15.7 Å². The zero-order valence-electron chi connectivity index (χ0n) is 12.2. The molecule has 5 heteroatoms. The summed E-state index contributed by atoms with van der Waals surface area (Å²) in [7, 11) is 0. The van der Waals surface area contributed by atoms with Crippen LogP contribution in [0.2, 0.25) is 0 Å². The number of anilines is 2. The number of carbonyl (C=O) groups is 1. The standard InChI is InChI=1S/C16H19N3O2/c1-11(2)19(10-12-6-4-3-5-7-12)15-14(17)13(16(20)21)8-9-18-15/h3-9,11H,10,17H2,1-2H3,(H,20,21). The number of rotatable bonds is 5. The van der Waals surface area contributed by atoms with Gasteiger partial charge in [-0.25, -0.2) is 9.78 Å². The van der Waals surface area contributed by atoms with Crippen LogP contribution < -0.4 is 10.6 Å². The first-order chi connectivity index (χ1) is 10.0. The third-order valence-electron chi connectivity index (χ3n) is 3.29. The molecule has 5 nitrogen and oxygen atoms in total. The quantitative estimate of drug-likeness (QED) is 0.883. The topological polar surface area (TPSA) is 79.5 Å². The molecule has 0 saturated carbocycles. The van der Waals surface area contributed by atoms with Crippen LogP contribution in [0, 0.1) is 0 Å². The Kier molecular flexibility index (Phi) is 4.42. The predicted octanol–water partition coefficient (Wildman–Crippen LogP) is 2.78. The first-order valence-corrected chi connectivity index (χ1v) is 6.79. The molecule has 0 bridgehead atoms. The van der Waals surface area contributed by atoms with Crippen LogP contribution in [0.4, 0.5) is 11.5 Å². The van der Waals surface area contributed by atoms with E-state index in [-0.39, 0.29) is 17.3 Å². The van der Waals surface area contributed by atoms with Gasteiger partial charge in [0.15, 0.2) is 5.82 Å². The molecule has 21 heavy (non-hydrogen) atoms. The number of aromatic nitrogens is 1. The van der Waals surface area contributed by atoms with E-state index in [1.54, 1.807) is 0 Å². The number of nitrogens with zero attached hydrogens (tertiary/aromatic N) is 2. The zero-order chi connectivity index (χ0) is 15.4. The highest BCUT2D eigenvalue weighted by molar-refractivity contribution is 5.96. The molecule has 0 aliphatic rings. The SMILES string of the molecule is CC(C)N(Cc1ccccc1)c1nccc(C(=O)O)c1N. The summed E-state index contributed by atoms with van der Waals surface area (Å²) in [6.45, 7) is 4.67. The molecule has 110 valence electrons. The van der Waals surface area contributed by atoms with Gasteiger partial charge in [-0.15, -0.1) is 0 Å². The van der Waals surface area contributed by atoms with Crippen LogP contribution in [0.3, 0.4) is 0 Å². The van der Waals surface area contributed by atoms with E-state index in [9.17, 15) is 9.90 Å². The third-order valence-corrected chi connectivity index (χ3v) is 3.29. The predicted molar refractivity (Wildman–Crippen MR) is 83.4 cm³/mol. The molecule has 0 radical (unpaired) electrons. The van der Waals surface area contributed by atoms with Gasteiger partial charge in [0.05, 0.1) is 11.3 Å². The van der Waals surface area contributed by atoms with Crippen molar-refractivity contribution in [1.29, 1.82) is 0 Å². The van der Waals surface area contributed by atoms with Crippen molar-refractivity contribution in [3.63, 3.8) is 0 Å². The summed E-state index contributed by atoms with van der Waals surface area (Å²) in [5.41, 5.74) is 7.40. The number of nitrogen functional groups attached to an aromatic ring is 1. The van der Waals surface area contributed by atoms with Gasteiger partial charge in [-0.05, 0) is 25.5 Å². The smallest absolute Gasteiger partial charge is 0.337 e. The summed E-state index contributed by atoms with van der Waals surface area (Å²) >= 11 is 0. The van der Waals surface area contributed by atoms with Gasteiger partial charge in [0.25, 0.3) is 0 Å². The minimum absolute atomic E-state index is 0.0821. The molecule has 0 aliphatic heterocycles. The summed E-state index contributed by atoms with van der Waals surface area (Å²) in [6.07, 6.45) is 1.48. The fourth-order valence-electron chi connectivity index (χ4n) is 2.16. The van der Waals surface area contributed by atoms with E-state index in [0.29, 0.717) is 12.4 Å². The number of nitrogens with two attached hydrogens (primary N) is 1. The number of benzene rings is 1. The molecule has 2 aromatic rings. The molecule has 1 aromatic heterocycles. The van der Waals surface area contributed by atoms with E-state index in [1.807, 2.05) is 49.1 Å². The normalized spacial score (nSPS) is 10.6. The second-order valence-corrected chi connectivity index (χ2v) is 5.11. The second kappa shape index (κ2) is 6.26. The molecule has 0 unspecified atom stereocenters. The van der Waals surface area contributed by atoms with E-state index in [0.717, 1.165) is 5.56 Å². The molecule has 1 aromatic carbocycles. The second-order valence-electron chi connectivity index (χ2n) is 5.11. The molecular weight excluding hydrogens is 266 g/mol. The Morgan fingerprint density at radius 1 is 1.29 bits per heavy atom. The number of hydrogen-bond donors (Lipinski definition) is 2. The van der Waals surface area contributed by atoms with Crippen LogP contribution in [-0.2, 0) is 6.54 Å². The van der Waals surface area contributed by atoms with Gasteiger partial charge in [0.2, 0.25) is 0 Å². The van der Waals surface area contributed by atoms with Crippen LogP contribution in [0.25, 0.3) is 0 Å². The molecule has 1 heterocycles. The number of hydrogen-bond acceptors (Lipinski definition) is 4. The van der Waals surface area contributed by atoms with Crippen LogP contribution in [0.15, 0.2) is 42.6 Å². The van der Waals surface area contributed by atoms with Gasteiger partial charge >= 0.3 is 5.97 Å². The summed E-state index contributed by atoms with van der Waals surface area (Å²) in [5, 5.41) is 9.17. The van der Waals surface area contributed by atoms with Gasteiger partial charge in [0.1, 0.15) is 0 Å². The van der Waals surface area contributed by atoms with Gasteiger partial charge in [-0.1, -0.05) is 30.3 Å². The maximum absolute atomic E-state index is 11.2. The number of pyridine rings is 1.